The number of nitrogens with zero attached hydrogens (tertiary/aromatic N) is 4. The first-order valence-electron chi connectivity index (χ1n) is 10.9. The monoisotopic (exact) mass is 490 g/mol. The lowest BCUT2D eigenvalue weighted by atomic mass is 10.1. The third kappa shape index (κ3) is 4.58. The SMILES string of the molecule is CCn1cc(C(=O)O)c(=O)c2cc(F)c(N3CCN(Cc4cnc(C)c(O)c4C)CC3)cc21.Cl. The van der Waals surface area contributed by atoms with E-state index in [2.05, 4.69) is 9.88 Å². The number of carboxylic acid groups (broad SMARTS) is 1. The van der Waals surface area contributed by atoms with Crippen LogP contribution in [0.15, 0.2) is 29.3 Å². The molecule has 0 atom stereocenters. The Labute approximate surface area is 202 Å². The van der Waals surface area contributed by atoms with Crippen LogP contribution in [-0.4, -0.2) is 56.8 Å². The molecule has 4 rings (SSSR count). The summed E-state index contributed by atoms with van der Waals surface area (Å²) in [6.07, 6.45) is 3.11. The van der Waals surface area contributed by atoms with E-state index in [-0.39, 0.29) is 29.1 Å². The lowest BCUT2D eigenvalue weighted by molar-refractivity contribution is 0.0695. The molecule has 1 aliphatic rings. The van der Waals surface area contributed by atoms with E-state index in [1.807, 2.05) is 18.7 Å². The molecule has 1 fully saturated rings. The van der Waals surface area contributed by atoms with Crippen molar-refractivity contribution in [2.24, 2.45) is 0 Å². The van der Waals surface area contributed by atoms with Gasteiger partial charge in [0.15, 0.2) is 0 Å². The number of carbonyl (C=O) groups is 1. The Bertz CT molecular complexity index is 1300. The first-order chi connectivity index (χ1) is 15.7. The summed E-state index contributed by atoms with van der Waals surface area (Å²) in [5.41, 5.74) is 2.27. The third-order valence-electron chi connectivity index (χ3n) is 6.42. The molecule has 0 bridgehead atoms. The lowest BCUT2D eigenvalue weighted by Gasteiger charge is -2.36. The highest BCUT2D eigenvalue weighted by Gasteiger charge is 2.23. The number of fused-ring (bicyclic) bond motifs is 1. The summed E-state index contributed by atoms with van der Waals surface area (Å²) in [6, 6.07) is 2.80. The van der Waals surface area contributed by atoms with Crippen molar-refractivity contribution in [3.63, 3.8) is 0 Å². The number of hydrogen-bond acceptors (Lipinski definition) is 6. The quantitative estimate of drug-likeness (QED) is 0.566. The van der Waals surface area contributed by atoms with Crippen LogP contribution < -0.4 is 10.3 Å². The predicted octanol–water partition coefficient (Wildman–Crippen LogP) is 3.32. The second-order valence-corrected chi connectivity index (χ2v) is 8.39. The Hall–Kier alpha value is -3.17. The number of rotatable bonds is 5. The zero-order valence-corrected chi connectivity index (χ0v) is 20.2. The molecule has 2 N–H and O–H groups in total. The van der Waals surface area contributed by atoms with Crippen molar-refractivity contribution < 1.29 is 19.4 Å². The summed E-state index contributed by atoms with van der Waals surface area (Å²) in [5, 5.41) is 19.5. The van der Waals surface area contributed by atoms with Crippen molar-refractivity contribution in [1.29, 1.82) is 0 Å². The van der Waals surface area contributed by atoms with Gasteiger partial charge in [-0.15, -0.1) is 12.4 Å². The molecule has 0 aliphatic carbocycles. The van der Waals surface area contributed by atoms with E-state index in [4.69, 9.17) is 0 Å². The van der Waals surface area contributed by atoms with Gasteiger partial charge in [0.25, 0.3) is 0 Å². The molecule has 0 radical (unpaired) electrons. The number of aromatic carboxylic acids is 1. The number of hydrogen-bond donors (Lipinski definition) is 2. The maximum absolute atomic E-state index is 15.0. The molecule has 0 saturated carbocycles. The first-order valence-corrected chi connectivity index (χ1v) is 10.9. The molecule has 1 saturated heterocycles. The van der Waals surface area contributed by atoms with Crippen LogP contribution in [0.1, 0.15) is 34.1 Å². The molecule has 1 aromatic carbocycles. The Morgan fingerprint density at radius 3 is 2.47 bits per heavy atom. The molecule has 182 valence electrons. The van der Waals surface area contributed by atoms with E-state index in [9.17, 15) is 19.8 Å². The van der Waals surface area contributed by atoms with E-state index < -0.39 is 17.2 Å². The van der Waals surface area contributed by atoms with E-state index in [0.717, 1.165) is 17.2 Å². The van der Waals surface area contributed by atoms with Crippen LogP contribution in [0.2, 0.25) is 0 Å². The Morgan fingerprint density at radius 2 is 1.85 bits per heavy atom. The summed E-state index contributed by atoms with van der Waals surface area (Å²) >= 11 is 0. The minimum absolute atomic E-state index is 0. The first kappa shape index (κ1) is 25.5. The van der Waals surface area contributed by atoms with Crippen molar-refractivity contribution in [2.45, 2.75) is 33.9 Å². The van der Waals surface area contributed by atoms with Crippen molar-refractivity contribution >= 4 is 35.0 Å². The van der Waals surface area contributed by atoms with Gasteiger partial charge in [-0.3, -0.25) is 14.7 Å². The zero-order chi connectivity index (χ0) is 23.9. The fourth-order valence-electron chi connectivity index (χ4n) is 4.36. The summed E-state index contributed by atoms with van der Waals surface area (Å²) in [7, 11) is 0. The highest BCUT2D eigenvalue weighted by molar-refractivity contribution is 5.93. The van der Waals surface area contributed by atoms with Crippen LogP contribution in [-0.2, 0) is 13.1 Å². The molecule has 3 aromatic rings. The number of carboxylic acids is 1. The number of aromatic hydroxyl groups is 1. The minimum atomic E-state index is -1.32. The number of pyridine rings is 2. The Morgan fingerprint density at radius 1 is 1.18 bits per heavy atom. The van der Waals surface area contributed by atoms with E-state index >= 15 is 4.39 Å². The minimum Gasteiger partial charge on any atom is -0.506 e. The van der Waals surface area contributed by atoms with E-state index in [0.29, 0.717) is 56.2 Å². The van der Waals surface area contributed by atoms with Crippen molar-refractivity contribution in [3.05, 3.63) is 63.0 Å². The van der Waals surface area contributed by atoms with E-state index in [1.165, 1.54) is 6.20 Å². The van der Waals surface area contributed by atoms with Gasteiger partial charge in [0.1, 0.15) is 17.1 Å². The van der Waals surface area contributed by atoms with Gasteiger partial charge in [-0.05, 0) is 44.0 Å². The van der Waals surface area contributed by atoms with Gasteiger partial charge in [-0.2, -0.15) is 0 Å². The summed E-state index contributed by atoms with van der Waals surface area (Å²) in [4.78, 5) is 32.4. The van der Waals surface area contributed by atoms with Crippen LogP contribution in [0, 0.1) is 19.7 Å². The molecular weight excluding hydrogens is 463 g/mol. The second kappa shape index (κ2) is 9.99. The standard InChI is InChI=1S/C24H27FN4O4.ClH/c1-4-28-13-18(24(32)33)23(31)17-9-19(25)21(10-20(17)28)29-7-5-27(6-8-29)12-16-11-26-15(3)22(30)14(16)2;/h9-11,13,30H,4-8,12H2,1-3H3,(H,32,33);1H. The van der Waals surface area contributed by atoms with Gasteiger partial charge in [-0.1, -0.05) is 0 Å². The molecule has 8 nitrogen and oxygen atoms in total. The fourth-order valence-corrected chi connectivity index (χ4v) is 4.36. The van der Waals surface area contributed by atoms with Crippen LogP contribution in [0.25, 0.3) is 10.9 Å². The smallest absolute Gasteiger partial charge is 0.341 e. The van der Waals surface area contributed by atoms with Gasteiger partial charge in [0, 0.05) is 57.0 Å². The van der Waals surface area contributed by atoms with Gasteiger partial charge in [-0.25, -0.2) is 9.18 Å². The third-order valence-corrected chi connectivity index (χ3v) is 6.42. The normalized spacial score (nSPS) is 14.3. The molecule has 10 heteroatoms. The molecule has 2 aromatic heterocycles. The predicted molar refractivity (Wildman–Crippen MR) is 131 cm³/mol. The average molecular weight is 491 g/mol. The number of piperazine rings is 1. The lowest BCUT2D eigenvalue weighted by Crippen LogP contribution is -2.46. The summed E-state index contributed by atoms with van der Waals surface area (Å²) < 4.78 is 16.7. The van der Waals surface area contributed by atoms with Crippen molar-refractivity contribution in [3.8, 4) is 5.75 Å². The molecular formula is C24H28ClFN4O4. The molecule has 34 heavy (non-hydrogen) atoms. The van der Waals surface area contributed by atoms with Gasteiger partial charge in [0.2, 0.25) is 5.43 Å². The van der Waals surface area contributed by atoms with Crippen molar-refractivity contribution in [2.75, 3.05) is 31.1 Å². The largest absolute Gasteiger partial charge is 0.506 e. The molecule has 3 heterocycles. The second-order valence-electron chi connectivity index (χ2n) is 8.39. The maximum atomic E-state index is 15.0. The summed E-state index contributed by atoms with van der Waals surface area (Å²) in [5.74, 6) is -1.64. The van der Waals surface area contributed by atoms with E-state index in [1.54, 1.807) is 23.8 Å². The number of benzene rings is 1. The highest BCUT2D eigenvalue weighted by atomic mass is 35.5. The number of halogens is 2. The molecule has 0 amide bonds. The van der Waals surface area contributed by atoms with Crippen LogP contribution in [0.4, 0.5) is 10.1 Å². The molecule has 0 unspecified atom stereocenters. The topological polar surface area (TPSA) is 98.9 Å². The van der Waals surface area contributed by atoms with Gasteiger partial charge < -0.3 is 19.7 Å². The average Bonchev–Trinajstić information content (AvgIpc) is 2.80. The van der Waals surface area contributed by atoms with Gasteiger partial charge in [0.05, 0.1) is 16.9 Å². The summed E-state index contributed by atoms with van der Waals surface area (Å²) in [6.45, 7) is 9.17. The fraction of sp³-hybridized carbons (Fsp3) is 0.375. The Balaban J connectivity index is 0.00000324. The molecule has 1 aliphatic heterocycles. The number of aryl methyl sites for hydroxylation is 2. The van der Waals surface area contributed by atoms with Gasteiger partial charge >= 0.3 is 5.97 Å². The number of anilines is 1. The van der Waals surface area contributed by atoms with Crippen LogP contribution in [0.3, 0.4) is 0 Å². The van der Waals surface area contributed by atoms with Crippen LogP contribution in [0.5, 0.6) is 5.75 Å². The highest BCUT2D eigenvalue weighted by Crippen LogP contribution is 2.28. The Kier molecular flexibility index (Phi) is 7.48. The van der Waals surface area contributed by atoms with Crippen LogP contribution >= 0.6 is 12.4 Å². The zero-order valence-electron chi connectivity index (χ0n) is 19.3. The van der Waals surface area contributed by atoms with Crippen molar-refractivity contribution in [1.82, 2.24) is 14.5 Å². The maximum Gasteiger partial charge on any atom is 0.341 e. The molecule has 0 spiro atoms. The number of aromatic nitrogens is 2.